The quantitative estimate of drug-likeness (QED) is 0.142. The van der Waals surface area contributed by atoms with Crippen LogP contribution >= 0.6 is 0 Å². The van der Waals surface area contributed by atoms with E-state index in [9.17, 15) is 0 Å². The molecule has 0 N–H and O–H groups in total. The minimum atomic E-state index is -0.350. The summed E-state index contributed by atoms with van der Waals surface area (Å²) < 4.78 is 14.2. The number of fused-ring (bicyclic) bond motifs is 19. The highest BCUT2D eigenvalue weighted by Crippen LogP contribution is 2.55. The van der Waals surface area contributed by atoms with Gasteiger partial charge in [-0.25, -0.2) is 0 Å². The minimum Gasteiger partial charge on any atom is -0.456 e. The zero-order valence-electron chi connectivity index (χ0n) is 33.3. The molecule has 0 amide bonds. The average molecular weight is 740 g/mol. The third kappa shape index (κ3) is 4.18. The number of hydrogen-bond acceptors (Lipinski definition) is 1. The van der Waals surface area contributed by atoms with Gasteiger partial charge in [-0.3, -0.25) is 0 Å². The van der Waals surface area contributed by atoms with Gasteiger partial charge in [-0.2, -0.15) is 9.13 Å². The molecule has 0 aliphatic carbocycles. The smallest absolute Gasteiger partial charge is 0.218 e. The van der Waals surface area contributed by atoms with Gasteiger partial charge in [-0.05, 0) is 90.9 Å². The summed E-state index contributed by atoms with van der Waals surface area (Å²) in [7, 11) is 0. The molecule has 0 spiro atoms. The summed E-state index contributed by atoms with van der Waals surface area (Å²) in [6, 6.07) is 45.3. The molecule has 276 valence electrons. The molecule has 10 aromatic rings. The number of furan rings is 1. The highest BCUT2D eigenvalue weighted by atomic mass is 16.3. The first kappa shape index (κ1) is 32.9. The van der Waals surface area contributed by atoms with Crippen LogP contribution in [0.2, 0.25) is 0 Å². The molecule has 2 unspecified atom stereocenters. The van der Waals surface area contributed by atoms with E-state index in [0.717, 1.165) is 36.1 Å². The van der Waals surface area contributed by atoms with Crippen LogP contribution in [0.5, 0.6) is 0 Å². The fourth-order valence-electron chi connectivity index (χ4n) is 11.1. The van der Waals surface area contributed by atoms with Crippen molar-refractivity contribution in [3.8, 4) is 22.5 Å². The maximum absolute atomic E-state index is 6.67. The standard InChI is InChI=1S/C53H45N3O/c1-32-31-53(6)52(5,24-22-33-15-7-8-16-35(33)42-19-13-14-25-54(32)42)41-30-45-40(28-39(41)44-27-34(51(2,3)4)23-26-55(44)53)49-48-37-18-10-12-21-46(37)57-47(48)29-38-36-17-9-11-20-43(36)56(45)50(38)49/h7-21,23,25-30H,1,22,24,31H2,2-6H3/q+2. The highest BCUT2D eigenvalue weighted by Gasteiger charge is 2.60. The number of hydrogen-bond donors (Lipinski definition) is 0. The molecular weight excluding hydrogens is 695 g/mol. The van der Waals surface area contributed by atoms with Gasteiger partial charge in [0.25, 0.3) is 0 Å². The SMILES string of the molecule is C=C1CC2(C)[n+]3ccc(C(C)(C)C)cc3-c3cc4c5c6c(cc7c8ccccc8n(c4cc3C2(C)CCc2ccccc2-c2cccc[n+]21)c75)oc1ccccc16. The van der Waals surface area contributed by atoms with E-state index < -0.39 is 0 Å². The van der Waals surface area contributed by atoms with Crippen molar-refractivity contribution in [3.63, 3.8) is 0 Å². The summed E-state index contributed by atoms with van der Waals surface area (Å²) in [5.41, 5.74) is 15.3. The normalized spacial score (nSPS) is 19.6. The van der Waals surface area contributed by atoms with Crippen molar-refractivity contribution in [2.75, 3.05) is 0 Å². The van der Waals surface area contributed by atoms with Crippen LogP contribution in [0.3, 0.4) is 0 Å². The number of pyridine rings is 2. The van der Waals surface area contributed by atoms with Crippen molar-refractivity contribution in [2.24, 2.45) is 0 Å². The van der Waals surface area contributed by atoms with E-state index in [1.54, 1.807) is 0 Å². The lowest BCUT2D eigenvalue weighted by molar-refractivity contribution is -0.766. The summed E-state index contributed by atoms with van der Waals surface area (Å²) >= 11 is 0. The minimum absolute atomic E-state index is 0.0166. The van der Waals surface area contributed by atoms with E-state index in [0.29, 0.717) is 0 Å². The monoisotopic (exact) mass is 739 g/mol. The molecule has 0 radical (unpaired) electrons. The molecule has 0 saturated carbocycles. The second-order valence-corrected chi connectivity index (χ2v) is 18.3. The molecule has 2 aliphatic heterocycles. The van der Waals surface area contributed by atoms with E-state index in [1.165, 1.54) is 88.1 Å². The number of allylic oxidation sites excluding steroid dienone is 1. The summed E-state index contributed by atoms with van der Waals surface area (Å²) in [6.07, 6.45) is 7.32. The van der Waals surface area contributed by atoms with Gasteiger partial charge in [0, 0.05) is 69.1 Å². The van der Waals surface area contributed by atoms with Crippen molar-refractivity contribution < 1.29 is 13.6 Å². The molecule has 57 heavy (non-hydrogen) atoms. The van der Waals surface area contributed by atoms with Crippen molar-refractivity contribution in [2.45, 2.75) is 70.3 Å². The summed E-state index contributed by atoms with van der Waals surface area (Å²) in [4.78, 5) is 0. The summed E-state index contributed by atoms with van der Waals surface area (Å²) in [6.45, 7) is 16.9. The molecule has 5 aromatic heterocycles. The molecule has 0 saturated heterocycles. The Kier molecular flexibility index (Phi) is 6.34. The predicted octanol–water partition coefficient (Wildman–Crippen LogP) is 12.4. The van der Waals surface area contributed by atoms with Crippen LogP contribution in [0.15, 0.2) is 145 Å². The number of nitrogens with zero attached hydrogens (tertiary/aromatic N) is 3. The van der Waals surface area contributed by atoms with E-state index in [4.69, 9.17) is 11.0 Å². The van der Waals surface area contributed by atoms with Crippen LogP contribution < -0.4 is 9.13 Å². The van der Waals surface area contributed by atoms with Crippen molar-refractivity contribution in [1.29, 1.82) is 0 Å². The molecule has 5 aromatic carbocycles. The van der Waals surface area contributed by atoms with Crippen molar-refractivity contribution in [1.82, 2.24) is 4.40 Å². The van der Waals surface area contributed by atoms with Gasteiger partial charge in [0.1, 0.15) is 11.2 Å². The van der Waals surface area contributed by atoms with E-state index in [-0.39, 0.29) is 16.4 Å². The Balaban J connectivity index is 1.24. The van der Waals surface area contributed by atoms with Crippen molar-refractivity contribution >= 4 is 65.7 Å². The van der Waals surface area contributed by atoms with Crippen LogP contribution in [0.4, 0.5) is 0 Å². The average Bonchev–Trinajstić information content (AvgIpc) is 3.87. The number of rotatable bonds is 0. The second kappa shape index (κ2) is 11.0. The summed E-state index contributed by atoms with van der Waals surface area (Å²) in [5.74, 6) is 0. The van der Waals surface area contributed by atoms with Crippen molar-refractivity contribution in [3.05, 3.63) is 157 Å². The zero-order chi connectivity index (χ0) is 38.6. The molecular formula is C53H45N3O+2. The van der Waals surface area contributed by atoms with Gasteiger partial charge < -0.3 is 8.82 Å². The van der Waals surface area contributed by atoms with Crippen LogP contribution in [0.1, 0.15) is 64.2 Å². The molecule has 2 atom stereocenters. The first-order chi connectivity index (χ1) is 27.5. The van der Waals surface area contributed by atoms with E-state index >= 15 is 0 Å². The molecule has 4 heteroatoms. The van der Waals surface area contributed by atoms with Crippen LogP contribution in [0.25, 0.3) is 88.2 Å². The van der Waals surface area contributed by atoms with Crippen LogP contribution in [-0.2, 0) is 22.8 Å². The fourth-order valence-corrected chi connectivity index (χ4v) is 11.1. The van der Waals surface area contributed by atoms with Gasteiger partial charge >= 0.3 is 0 Å². The number of aryl methyl sites for hydroxylation is 1. The largest absolute Gasteiger partial charge is 0.456 e. The molecule has 12 rings (SSSR count). The zero-order valence-corrected chi connectivity index (χ0v) is 33.3. The molecule has 0 fully saturated rings. The summed E-state index contributed by atoms with van der Waals surface area (Å²) in [5, 5.41) is 7.41. The Morgan fingerprint density at radius 3 is 2.30 bits per heavy atom. The Morgan fingerprint density at radius 1 is 0.667 bits per heavy atom. The van der Waals surface area contributed by atoms with Gasteiger partial charge in [0.05, 0.1) is 33.9 Å². The van der Waals surface area contributed by atoms with E-state index in [1.807, 2.05) is 0 Å². The highest BCUT2D eigenvalue weighted by molar-refractivity contribution is 6.35. The first-order valence-electron chi connectivity index (χ1n) is 20.5. The Morgan fingerprint density at radius 2 is 1.44 bits per heavy atom. The van der Waals surface area contributed by atoms with Crippen LogP contribution in [0, 0.1) is 0 Å². The first-order valence-corrected chi connectivity index (χ1v) is 20.5. The van der Waals surface area contributed by atoms with Gasteiger partial charge in [-0.15, -0.1) is 0 Å². The fraction of sp³-hybridized carbons (Fsp3) is 0.208. The molecule has 0 bridgehead atoms. The van der Waals surface area contributed by atoms with E-state index in [2.05, 4.69) is 182 Å². The lowest BCUT2D eigenvalue weighted by atomic mass is 9.58. The predicted molar refractivity (Wildman–Crippen MR) is 234 cm³/mol. The molecule has 2 aliphatic rings. The lowest BCUT2D eigenvalue weighted by Crippen LogP contribution is -2.68. The third-order valence-electron chi connectivity index (χ3n) is 14.3. The lowest BCUT2D eigenvalue weighted by Gasteiger charge is -2.47. The van der Waals surface area contributed by atoms with Crippen LogP contribution in [-0.4, -0.2) is 4.40 Å². The van der Waals surface area contributed by atoms with Gasteiger partial charge in [-0.1, -0.05) is 75.4 Å². The third-order valence-corrected chi connectivity index (χ3v) is 14.3. The molecule has 4 nitrogen and oxygen atoms in total. The Labute approximate surface area is 332 Å². The van der Waals surface area contributed by atoms with Gasteiger partial charge in [0.2, 0.25) is 11.4 Å². The maximum atomic E-state index is 6.67. The number of benzene rings is 5. The number of aromatic nitrogens is 3. The Bertz CT molecular complexity index is 3370. The number of para-hydroxylation sites is 2. The molecule has 7 heterocycles. The Hall–Kier alpha value is -6.26. The maximum Gasteiger partial charge on any atom is 0.218 e. The second-order valence-electron chi connectivity index (χ2n) is 18.3. The topological polar surface area (TPSA) is 25.3 Å². The van der Waals surface area contributed by atoms with Gasteiger partial charge in [0.15, 0.2) is 23.6 Å².